The van der Waals surface area contributed by atoms with Gasteiger partial charge in [-0.3, -0.25) is 14.4 Å². The van der Waals surface area contributed by atoms with Crippen LogP contribution in [0.4, 0.5) is 5.69 Å². The Balaban J connectivity index is 1.43. The van der Waals surface area contributed by atoms with E-state index in [9.17, 15) is 14.4 Å². The van der Waals surface area contributed by atoms with E-state index >= 15 is 0 Å². The lowest BCUT2D eigenvalue weighted by molar-refractivity contribution is -0.121. The number of rotatable bonds is 3. The molecule has 0 aliphatic carbocycles. The zero-order valence-corrected chi connectivity index (χ0v) is 17.4. The average Bonchev–Trinajstić information content (AvgIpc) is 3.35. The SMILES string of the molecule is COc1ccc(-c2ccc3c(c2)C(=O)N2CCN(C(=O)c4ccco4)C[C@H]2C(=O)N3)cc1. The number of benzene rings is 2. The number of carbonyl (C=O) groups excluding carboxylic acids is 3. The van der Waals surface area contributed by atoms with Crippen molar-refractivity contribution in [1.29, 1.82) is 0 Å². The number of piperazine rings is 1. The third kappa shape index (κ3) is 3.39. The zero-order chi connectivity index (χ0) is 22.2. The summed E-state index contributed by atoms with van der Waals surface area (Å²) in [5.74, 6) is 0.122. The predicted molar refractivity (Wildman–Crippen MR) is 116 cm³/mol. The number of hydrogen-bond donors (Lipinski definition) is 1. The summed E-state index contributed by atoms with van der Waals surface area (Å²) in [6.45, 7) is 0.689. The molecular formula is C24H21N3O5. The molecule has 0 spiro atoms. The maximum atomic E-state index is 13.4. The summed E-state index contributed by atoms with van der Waals surface area (Å²) in [4.78, 5) is 42.1. The fraction of sp³-hybridized carbons (Fsp3) is 0.208. The van der Waals surface area contributed by atoms with Crippen LogP contribution in [0, 0.1) is 0 Å². The second kappa shape index (κ2) is 7.88. The highest BCUT2D eigenvalue weighted by molar-refractivity contribution is 6.11. The van der Waals surface area contributed by atoms with Crippen LogP contribution >= 0.6 is 0 Å². The van der Waals surface area contributed by atoms with E-state index in [-0.39, 0.29) is 36.6 Å². The van der Waals surface area contributed by atoms with Crippen LogP contribution < -0.4 is 10.1 Å². The van der Waals surface area contributed by atoms with Crippen LogP contribution in [0.15, 0.2) is 65.3 Å². The van der Waals surface area contributed by atoms with Gasteiger partial charge in [0.05, 0.1) is 31.2 Å². The van der Waals surface area contributed by atoms with Crippen molar-refractivity contribution in [2.75, 3.05) is 32.1 Å². The molecule has 0 radical (unpaired) electrons. The lowest BCUT2D eigenvalue weighted by Gasteiger charge is -2.39. The Kier molecular flexibility index (Phi) is 4.89. The molecule has 32 heavy (non-hydrogen) atoms. The van der Waals surface area contributed by atoms with Gasteiger partial charge in [0.2, 0.25) is 5.91 Å². The van der Waals surface area contributed by atoms with Gasteiger partial charge in [0.25, 0.3) is 11.8 Å². The van der Waals surface area contributed by atoms with Gasteiger partial charge in [-0.05, 0) is 47.5 Å². The van der Waals surface area contributed by atoms with Gasteiger partial charge < -0.3 is 24.3 Å². The summed E-state index contributed by atoms with van der Waals surface area (Å²) in [7, 11) is 1.61. The van der Waals surface area contributed by atoms with E-state index in [1.54, 1.807) is 41.2 Å². The van der Waals surface area contributed by atoms with Crippen molar-refractivity contribution < 1.29 is 23.5 Å². The van der Waals surface area contributed by atoms with Crippen molar-refractivity contribution in [3.63, 3.8) is 0 Å². The van der Waals surface area contributed by atoms with Crippen molar-refractivity contribution in [1.82, 2.24) is 9.80 Å². The van der Waals surface area contributed by atoms with Gasteiger partial charge in [-0.1, -0.05) is 18.2 Å². The normalized spacial score (nSPS) is 17.8. The fourth-order valence-electron chi connectivity index (χ4n) is 4.15. The first-order valence-corrected chi connectivity index (χ1v) is 10.3. The van der Waals surface area contributed by atoms with Crippen LogP contribution in [-0.2, 0) is 4.79 Å². The molecule has 1 aromatic heterocycles. The highest BCUT2D eigenvalue weighted by atomic mass is 16.5. The Morgan fingerprint density at radius 2 is 1.84 bits per heavy atom. The number of carbonyl (C=O) groups is 3. The number of nitrogens with zero attached hydrogens (tertiary/aromatic N) is 2. The molecule has 1 atom stereocenters. The molecule has 8 heteroatoms. The molecule has 1 saturated heterocycles. The van der Waals surface area contributed by atoms with Gasteiger partial charge >= 0.3 is 0 Å². The second-order valence-corrected chi connectivity index (χ2v) is 7.72. The molecule has 3 heterocycles. The lowest BCUT2D eigenvalue weighted by Crippen LogP contribution is -2.59. The predicted octanol–water partition coefficient (Wildman–Crippen LogP) is 2.87. The molecule has 3 aromatic rings. The van der Waals surface area contributed by atoms with E-state index in [0.29, 0.717) is 17.8 Å². The summed E-state index contributed by atoms with van der Waals surface area (Å²) in [5, 5.41) is 2.86. The number of hydrogen-bond acceptors (Lipinski definition) is 5. The molecule has 5 rings (SSSR count). The molecule has 162 valence electrons. The Labute approximate surface area is 184 Å². The smallest absolute Gasteiger partial charge is 0.289 e. The number of furan rings is 1. The van der Waals surface area contributed by atoms with Gasteiger partial charge in [0, 0.05) is 13.1 Å². The standard InChI is InChI=1S/C24H21N3O5/c1-31-17-7-4-15(5-8-17)16-6-9-19-18(13-16)23(29)27-11-10-26(14-20(27)22(28)25-19)24(30)21-3-2-12-32-21/h2-9,12-13,20H,10-11,14H2,1H3,(H,25,28)/t20-/m0/s1. The molecule has 3 amide bonds. The van der Waals surface area contributed by atoms with Crippen LogP contribution in [0.2, 0.25) is 0 Å². The van der Waals surface area contributed by atoms with Crippen molar-refractivity contribution in [2.45, 2.75) is 6.04 Å². The van der Waals surface area contributed by atoms with E-state index in [1.807, 2.05) is 30.3 Å². The van der Waals surface area contributed by atoms with Crippen LogP contribution in [0.3, 0.4) is 0 Å². The molecule has 8 nitrogen and oxygen atoms in total. The maximum absolute atomic E-state index is 13.4. The topological polar surface area (TPSA) is 92.1 Å². The molecule has 2 aromatic carbocycles. The first-order chi connectivity index (χ1) is 15.5. The minimum atomic E-state index is -0.771. The Morgan fingerprint density at radius 1 is 1.06 bits per heavy atom. The van der Waals surface area contributed by atoms with Gasteiger partial charge in [0.1, 0.15) is 11.8 Å². The summed E-state index contributed by atoms with van der Waals surface area (Å²) in [6.07, 6.45) is 1.43. The minimum Gasteiger partial charge on any atom is -0.497 e. The van der Waals surface area contributed by atoms with E-state index in [2.05, 4.69) is 5.32 Å². The Bertz CT molecular complexity index is 1190. The van der Waals surface area contributed by atoms with Crippen LogP contribution in [0.25, 0.3) is 11.1 Å². The number of methoxy groups -OCH3 is 1. The second-order valence-electron chi connectivity index (χ2n) is 7.72. The summed E-state index contributed by atoms with van der Waals surface area (Å²) in [5.41, 5.74) is 2.69. The zero-order valence-electron chi connectivity index (χ0n) is 17.4. The average molecular weight is 431 g/mol. The molecule has 2 aliphatic rings. The molecule has 2 aliphatic heterocycles. The highest BCUT2D eigenvalue weighted by Crippen LogP contribution is 2.31. The molecule has 0 saturated carbocycles. The number of amides is 3. The lowest BCUT2D eigenvalue weighted by atomic mass is 10.0. The number of ether oxygens (including phenoxy) is 1. The van der Waals surface area contributed by atoms with Crippen LogP contribution in [0.5, 0.6) is 5.75 Å². The summed E-state index contributed by atoms with van der Waals surface area (Å²) < 4.78 is 10.4. The Hall–Kier alpha value is -4.07. The first kappa shape index (κ1) is 19.9. The van der Waals surface area contributed by atoms with Gasteiger partial charge in [0.15, 0.2) is 5.76 Å². The van der Waals surface area contributed by atoms with Crippen LogP contribution in [0.1, 0.15) is 20.9 Å². The minimum absolute atomic E-state index is 0.108. The van der Waals surface area contributed by atoms with Gasteiger partial charge in [-0.25, -0.2) is 0 Å². The molecule has 1 N–H and O–H groups in total. The first-order valence-electron chi connectivity index (χ1n) is 10.3. The number of nitrogens with one attached hydrogen (secondary N) is 1. The Morgan fingerprint density at radius 3 is 2.56 bits per heavy atom. The van der Waals surface area contributed by atoms with Crippen LogP contribution in [-0.4, -0.2) is 60.3 Å². The van der Waals surface area contributed by atoms with Crippen molar-refractivity contribution in [3.8, 4) is 16.9 Å². The van der Waals surface area contributed by atoms with Crippen molar-refractivity contribution in [2.24, 2.45) is 0 Å². The van der Waals surface area contributed by atoms with E-state index < -0.39 is 6.04 Å². The summed E-state index contributed by atoms with van der Waals surface area (Å²) >= 11 is 0. The highest BCUT2D eigenvalue weighted by Gasteiger charge is 2.41. The molecule has 0 unspecified atom stereocenters. The quantitative estimate of drug-likeness (QED) is 0.689. The van der Waals surface area contributed by atoms with E-state index in [0.717, 1.165) is 16.9 Å². The summed E-state index contributed by atoms with van der Waals surface area (Å²) in [6, 6.07) is 15.4. The van der Waals surface area contributed by atoms with Crippen molar-refractivity contribution >= 4 is 23.4 Å². The number of anilines is 1. The van der Waals surface area contributed by atoms with Gasteiger partial charge in [-0.15, -0.1) is 0 Å². The molecule has 1 fully saturated rings. The third-order valence-corrected chi connectivity index (χ3v) is 5.89. The maximum Gasteiger partial charge on any atom is 0.289 e. The third-order valence-electron chi connectivity index (χ3n) is 5.89. The largest absolute Gasteiger partial charge is 0.497 e. The monoisotopic (exact) mass is 431 g/mol. The van der Waals surface area contributed by atoms with E-state index in [4.69, 9.17) is 9.15 Å². The fourth-order valence-corrected chi connectivity index (χ4v) is 4.15. The van der Waals surface area contributed by atoms with Gasteiger partial charge in [-0.2, -0.15) is 0 Å². The van der Waals surface area contributed by atoms with Crippen molar-refractivity contribution in [3.05, 3.63) is 72.2 Å². The number of fused-ring (bicyclic) bond motifs is 2. The van der Waals surface area contributed by atoms with E-state index in [1.165, 1.54) is 6.26 Å². The molecular weight excluding hydrogens is 410 g/mol. The molecule has 0 bridgehead atoms.